The summed E-state index contributed by atoms with van der Waals surface area (Å²) in [6.45, 7) is 0.833. The number of halogens is 1. The summed E-state index contributed by atoms with van der Waals surface area (Å²) in [7, 11) is 6.26. The van der Waals surface area contributed by atoms with Gasteiger partial charge in [0.1, 0.15) is 5.75 Å². The molecule has 231 valence electrons. The van der Waals surface area contributed by atoms with Gasteiger partial charge in [-0.1, -0.05) is 53.7 Å². The van der Waals surface area contributed by atoms with Crippen molar-refractivity contribution < 1.29 is 39.9 Å². The van der Waals surface area contributed by atoms with E-state index >= 15 is 0 Å². The van der Waals surface area contributed by atoms with Gasteiger partial charge in [0.15, 0.2) is 5.84 Å². The van der Waals surface area contributed by atoms with Crippen LogP contribution < -0.4 is 16.2 Å². The Morgan fingerprint density at radius 1 is 1.09 bits per heavy atom. The van der Waals surface area contributed by atoms with Crippen LogP contribution in [0.4, 0.5) is 29.0 Å². The van der Waals surface area contributed by atoms with Gasteiger partial charge in [0.05, 0.1) is 23.3 Å². The molecular formula is C24H19B4ClCuN10O5S. The molecule has 4 rings (SSSR count). The normalized spacial score (nSPS) is 11.4. The summed E-state index contributed by atoms with van der Waals surface area (Å²) in [5.41, 5.74) is 10.6. The average molecular weight is 702 g/mol. The molecule has 0 spiro atoms. The largest absolute Gasteiger partial charge is 2.00 e. The number of rotatable bonds is 11. The van der Waals surface area contributed by atoms with E-state index < -0.39 is 39.7 Å². The van der Waals surface area contributed by atoms with Crippen LogP contribution in [0.25, 0.3) is 5.43 Å². The molecule has 0 aliphatic heterocycles. The summed E-state index contributed by atoms with van der Waals surface area (Å²) in [5.74, 6) is -1.12. The maximum atomic E-state index is 12.1. The third kappa shape index (κ3) is 9.62. The number of benzene rings is 3. The SMILES string of the molecule is [B]B([B])B(N)Nc1nc(Cl)nc(Nc2cc(S(=O)(=O)O)cc([N-]N=C(N=Nc3cc(C)ccc3[C-]=O)c3ccccc3)c2O)n1.[Cu+2]. The van der Waals surface area contributed by atoms with Crippen molar-refractivity contribution in [1.29, 1.82) is 0 Å². The van der Waals surface area contributed by atoms with Crippen LogP contribution in [-0.4, -0.2) is 73.9 Å². The molecule has 1 aromatic heterocycles. The number of azo groups is 1. The summed E-state index contributed by atoms with van der Waals surface area (Å²) in [5, 5.41) is 28.2. The van der Waals surface area contributed by atoms with Crippen molar-refractivity contribution >= 4 is 91.5 Å². The molecule has 0 fully saturated rings. The molecule has 0 aliphatic carbocycles. The van der Waals surface area contributed by atoms with Crippen LogP contribution in [0.15, 0.2) is 80.9 Å². The van der Waals surface area contributed by atoms with Gasteiger partial charge in [-0.25, -0.2) is 5.11 Å². The Hall–Kier alpha value is -4.25. The zero-order valence-corrected chi connectivity index (χ0v) is 26.0. The summed E-state index contributed by atoms with van der Waals surface area (Å²) < 4.78 is 34.0. The fourth-order valence-corrected chi connectivity index (χ4v) is 4.17. The molecule has 0 bridgehead atoms. The quantitative estimate of drug-likeness (QED) is 0.0223. The van der Waals surface area contributed by atoms with E-state index in [-0.39, 0.29) is 57.0 Å². The molecule has 5 radical (unpaired) electrons. The van der Waals surface area contributed by atoms with Gasteiger partial charge in [0.25, 0.3) is 17.0 Å². The molecule has 4 aromatic rings. The van der Waals surface area contributed by atoms with E-state index in [1.165, 1.54) is 6.07 Å². The van der Waals surface area contributed by atoms with Gasteiger partial charge in [0.2, 0.25) is 17.2 Å². The van der Waals surface area contributed by atoms with Crippen molar-refractivity contribution in [2.75, 3.05) is 10.5 Å². The maximum absolute atomic E-state index is 12.1. The third-order valence-corrected chi connectivity index (χ3v) is 6.73. The van der Waals surface area contributed by atoms with Gasteiger partial charge in [-0.2, -0.15) is 29.4 Å². The number of aromatic hydroxyl groups is 1. The van der Waals surface area contributed by atoms with Gasteiger partial charge in [-0.3, -0.25) is 4.55 Å². The fraction of sp³-hybridized carbons (Fsp3) is 0.0417. The zero-order valence-electron chi connectivity index (χ0n) is 23.5. The second kappa shape index (κ2) is 15.8. The number of nitrogens with one attached hydrogen (secondary N) is 2. The van der Waals surface area contributed by atoms with Crippen molar-refractivity contribution in [3.63, 3.8) is 0 Å². The second-order valence-electron chi connectivity index (χ2n) is 9.15. The molecular weight excluding hydrogens is 683 g/mol. The molecule has 0 saturated carbocycles. The monoisotopic (exact) mass is 701 g/mol. The van der Waals surface area contributed by atoms with Crippen LogP contribution in [0.1, 0.15) is 16.7 Å². The Bertz CT molecular complexity index is 1900. The molecule has 3 aromatic carbocycles. The predicted molar refractivity (Wildman–Crippen MR) is 173 cm³/mol. The van der Waals surface area contributed by atoms with Crippen LogP contribution in [0.2, 0.25) is 5.28 Å². The molecule has 6 N–H and O–H groups in total. The number of anilines is 3. The van der Waals surface area contributed by atoms with Crippen molar-refractivity contribution in [3.8, 4) is 5.75 Å². The topological polar surface area (TPSA) is 232 Å². The Labute approximate surface area is 282 Å². The van der Waals surface area contributed by atoms with Gasteiger partial charge < -0.3 is 36.6 Å². The van der Waals surface area contributed by atoms with Crippen molar-refractivity contribution in [2.24, 2.45) is 21.0 Å². The van der Waals surface area contributed by atoms with E-state index in [0.29, 0.717) is 5.56 Å². The summed E-state index contributed by atoms with van der Waals surface area (Å²) in [6.07, 6.45) is 0.801. The molecule has 46 heavy (non-hydrogen) atoms. The zero-order chi connectivity index (χ0) is 32.7. The number of aromatic nitrogens is 3. The predicted octanol–water partition coefficient (Wildman–Crippen LogP) is 2.90. The Kier molecular flexibility index (Phi) is 12.5. The first-order valence-electron chi connectivity index (χ1n) is 12.6. The molecule has 0 saturated heterocycles. The van der Waals surface area contributed by atoms with E-state index in [1.807, 2.05) is 0 Å². The minimum absolute atomic E-state index is 0. The smallest absolute Gasteiger partial charge is 0.571 e. The molecule has 0 aliphatic rings. The van der Waals surface area contributed by atoms with E-state index in [1.54, 1.807) is 55.7 Å². The average Bonchev–Trinajstić information content (AvgIpc) is 2.98. The van der Waals surface area contributed by atoms with E-state index in [2.05, 4.69) is 46.3 Å². The second-order valence-corrected chi connectivity index (χ2v) is 10.9. The van der Waals surface area contributed by atoms with Crippen molar-refractivity contribution in [3.05, 3.63) is 88.1 Å². The number of phenols is 1. The number of nitrogens with two attached hydrogens (primary N) is 1. The molecule has 22 heteroatoms. The number of hydrogen-bond acceptors (Lipinski definition) is 12. The van der Waals surface area contributed by atoms with Crippen molar-refractivity contribution in [2.45, 2.75) is 11.8 Å². The van der Waals surface area contributed by atoms with Crippen molar-refractivity contribution in [1.82, 2.24) is 15.0 Å². The summed E-state index contributed by atoms with van der Waals surface area (Å²) >= 11 is 5.98. The maximum Gasteiger partial charge on any atom is 2.00 e. The number of nitrogens with zero attached hydrogens (tertiary/aromatic N) is 7. The summed E-state index contributed by atoms with van der Waals surface area (Å²) in [6, 6.07) is 15.1. The molecule has 1 heterocycles. The molecule has 0 atom stereocenters. The number of amidine groups is 1. The Morgan fingerprint density at radius 3 is 2.43 bits per heavy atom. The number of aryl methyl sites for hydroxylation is 1. The minimum atomic E-state index is -4.82. The first-order valence-corrected chi connectivity index (χ1v) is 14.5. The van der Waals surface area contributed by atoms with Crippen LogP contribution in [0.5, 0.6) is 5.75 Å². The van der Waals surface area contributed by atoms with Gasteiger partial charge in [-0.15, -0.1) is 16.7 Å². The number of carbonyl (C=O) groups excluding carboxylic acids is 1. The molecule has 15 nitrogen and oxygen atoms in total. The number of hydrogen-bond donors (Lipinski definition) is 5. The van der Waals surface area contributed by atoms with Crippen LogP contribution in [0.3, 0.4) is 0 Å². The standard InChI is InChI=1S/C24H19B4ClN10O5S.Cu/c1-13-7-8-15(12-40)17(9-13)36-38-21(14-5-3-2-4-6-14)39-37-19-11-16(45(42,43)44)10-18(20(19)41)31-23-32-22(29)33-24(34-23)35-28(30)27(25)26;/h2-11H,30H2,1H3,(H4-,31,32,33,34,35,36,37,38,39,40,41,42,43,44);/q-2;+2. The van der Waals surface area contributed by atoms with Crippen LogP contribution >= 0.6 is 11.6 Å². The van der Waals surface area contributed by atoms with Gasteiger partial charge >= 0.3 is 17.1 Å². The Balaban J connectivity index is 0.00000576. The van der Waals surface area contributed by atoms with E-state index in [9.17, 15) is 22.9 Å². The van der Waals surface area contributed by atoms with Crippen LogP contribution in [-0.2, 0) is 32.0 Å². The van der Waals surface area contributed by atoms with E-state index in [4.69, 9.17) is 32.7 Å². The first-order chi connectivity index (χ1) is 21.3. The Morgan fingerprint density at radius 2 is 1.78 bits per heavy atom. The fourth-order valence-electron chi connectivity index (χ4n) is 3.49. The molecule has 0 unspecified atom stereocenters. The van der Waals surface area contributed by atoms with E-state index in [0.717, 1.165) is 17.7 Å². The third-order valence-electron chi connectivity index (χ3n) is 5.73. The number of phenolic OH excluding ortho intramolecular Hbond substituents is 1. The molecule has 0 amide bonds. The van der Waals surface area contributed by atoms with Gasteiger partial charge in [0, 0.05) is 21.0 Å². The van der Waals surface area contributed by atoms with Crippen LogP contribution in [0, 0.1) is 6.92 Å². The minimum Gasteiger partial charge on any atom is -0.571 e. The first kappa shape index (κ1) is 36.2. The summed E-state index contributed by atoms with van der Waals surface area (Å²) in [4.78, 5) is 22.5. The van der Waals surface area contributed by atoms with Gasteiger partial charge in [-0.05, 0) is 30.3 Å².